The molecule has 0 unspecified atom stereocenters. The molecule has 1 aliphatic rings. The van der Waals surface area contributed by atoms with E-state index in [0.29, 0.717) is 11.5 Å². The number of amides is 1. The molecule has 0 bridgehead atoms. The molecule has 5 rings (SSSR count). The maximum absolute atomic E-state index is 12.7. The molecule has 0 radical (unpaired) electrons. The second kappa shape index (κ2) is 9.89. The molecule has 176 valence electrons. The highest BCUT2D eigenvalue weighted by molar-refractivity contribution is 6.02. The van der Waals surface area contributed by atoms with E-state index >= 15 is 0 Å². The fourth-order valence-electron chi connectivity index (χ4n) is 4.43. The van der Waals surface area contributed by atoms with E-state index in [1.54, 1.807) is 26.4 Å². The number of rotatable bonds is 7. The fourth-order valence-corrected chi connectivity index (χ4v) is 4.43. The molecule has 1 aromatic heterocycles. The van der Waals surface area contributed by atoms with Crippen LogP contribution in [0.15, 0.2) is 79.0 Å². The minimum atomic E-state index is -0.186. The SMILES string of the molecule is COc1ccc(-c2nn(-c3ccccc3)cc2C=CC(=O)Nc2ccc3c(c2)CCC3)cc1OC. The predicted octanol–water partition coefficient (Wildman–Crippen LogP) is 5.70. The lowest BCUT2D eigenvalue weighted by molar-refractivity contribution is -0.111. The first-order valence-corrected chi connectivity index (χ1v) is 11.6. The van der Waals surface area contributed by atoms with Crippen LogP contribution in [0.5, 0.6) is 11.5 Å². The third-order valence-corrected chi connectivity index (χ3v) is 6.20. The molecule has 1 aliphatic carbocycles. The van der Waals surface area contributed by atoms with Gasteiger partial charge in [0.2, 0.25) is 5.91 Å². The molecule has 0 atom stereocenters. The van der Waals surface area contributed by atoms with E-state index < -0.39 is 0 Å². The monoisotopic (exact) mass is 465 g/mol. The highest BCUT2D eigenvalue weighted by Crippen LogP contribution is 2.34. The summed E-state index contributed by atoms with van der Waals surface area (Å²) in [5, 5.41) is 7.80. The highest BCUT2D eigenvalue weighted by atomic mass is 16.5. The van der Waals surface area contributed by atoms with Crippen LogP contribution in [0, 0.1) is 0 Å². The molecule has 0 aliphatic heterocycles. The Morgan fingerprint density at radius 1 is 0.943 bits per heavy atom. The van der Waals surface area contributed by atoms with Crippen LogP contribution >= 0.6 is 0 Å². The van der Waals surface area contributed by atoms with Gasteiger partial charge in [0.05, 0.1) is 19.9 Å². The third kappa shape index (κ3) is 4.82. The first-order chi connectivity index (χ1) is 17.1. The third-order valence-electron chi connectivity index (χ3n) is 6.20. The number of hydrogen-bond donors (Lipinski definition) is 1. The number of carbonyl (C=O) groups excluding carboxylic acids is 1. The Kier molecular flexibility index (Phi) is 6.35. The molecular formula is C29H27N3O3. The number of benzene rings is 3. The molecule has 1 heterocycles. The van der Waals surface area contributed by atoms with Gasteiger partial charge in [-0.3, -0.25) is 4.79 Å². The van der Waals surface area contributed by atoms with E-state index in [1.807, 2.05) is 65.5 Å². The number of nitrogens with zero attached hydrogens (tertiary/aromatic N) is 2. The summed E-state index contributed by atoms with van der Waals surface area (Å²) in [5.41, 5.74) is 6.85. The van der Waals surface area contributed by atoms with Gasteiger partial charge in [0.1, 0.15) is 5.69 Å². The number of fused-ring (bicyclic) bond motifs is 1. The molecule has 35 heavy (non-hydrogen) atoms. The van der Waals surface area contributed by atoms with Crippen molar-refractivity contribution in [1.82, 2.24) is 9.78 Å². The van der Waals surface area contributed by atoms with E-state index in [4.69, 9.17) is 14.6 Å². The van der Waals surface area contributed by atoms with Crippen LogP contribution < -0.4 is 14.8 Å². The van der Waals surface area contributed by atoms with E-state index in [0.717, 1.165) is 41.0 Å². The van der Waals surface area contributed by atoms with Gasteiger partial charge in [0.15, 0.2) is 11.5 Å². The first kappa shape index (κ1) is 22.5. The van der Waals surface area contributed by atoms with E-state index in [2.05, 4.69) is 17.4 Å². The largest absolute Gasteiger partial charge is 0.493 e. The second-order valence-corrected chi connectivity index (χ2v) is 8.44. The summed E-state index contributed by atoms with van der Waals surface area (Å²) in [6, 6.07) is 21.7. The molecule has 0 saturated heterocycles. The van der Waals surface area contributed by atoms with Crippen molar-refractivity contribution in [2.75, 3.05) is 19.5 Å². The van der Waals surface area contributed by atoms with Crippen molar-refractivity contribution in [2.45, 2.75) is 19.3 Å². The summed E-state index contributed by atoms with van der Waals surface area (Å²) in [5.74, 6) is 1.07. The smallest absolute Gasteiger partial charge is 0.248 e. The predicted molar refractivity (Wildman–Crippen MR) is 138 cm³/mol. The van der Waals surface area contributed by atoms with Gasteiger partial charge in [0, 0.05) is 29.1 Å². The van der Waals surface area contributed by atoms with Crippen LogP contribution in [-0.2, 0) is 17.6 Å². The second-order valence-electron chi connectivity index (χ2n) is 8.44. The molecule has 0 spiro atoms. The number of anilines is 1. The molecule has 1 amide bonds. The summed E-state index contributed by atoms with van der Waals surface area (Å²) in [6.07, 6.45) is 8.62. The van der Waals surface area contributed by atoms with Crippen molar-refractivity contribution < 1.29 is 14.3 Å². The normalized spacial score (nSPS) is 12.5. The van der Waals surface area contributed by atoms with E-state index in [-0.39, 0.29) is 5.91 Å². The number of methoxy groups -OCH3 is 2. The average molecular weight is 466 g/mol. The van der Waals surface area contributed by atoms with Gasteiger partial charge >= 0.3 is 0 Å². The molecule has 0 saturated carbocycles. The van der Waals surface area contributed by atoms with Crippen molar-refractivity contribution >= 4 is 17.7 Å². The summed E-state index contributed by atoms with van der Waals surface area (Å²) in [4.78, 5) is 12.7. The van der Waals surface area contributed by atoms with E-state index in [9.17, 15) is 4.79 Å². The number of carbonyl (C=O) groups is 1. The molecule has 3 aromatic carbocycles. The zero-order valence-corrected chi connectivity index (χ0v) is 19.8. The molecule has 1 N–H and O–H groups in total. The van der Waals surface area contributed by atoms with Crippen LogP contribution in [0.1, 0.15) is 23.1 Å². The number of aryl methyl sites for hydroxylation is 2. The Morgan fingerprint density at radius 3 is 2.54 bits per heavy atom. The molecular weight excluding hydrogens is 438 g/mol. The van der Waals surface area contributed by atoms with Crippen molar-refractivity contribution in [3.63, 3.8) is 0 Å². The van der Waals surface area contributed by atoms with Crippen LogP contribution in [0.2, 0.25) is 0 Å². The van der Waals surface area contributed by atoms with Gasteiger partial charge in [-0.1, -0.05) is 24.3 Å². The number of aromatic nitrogens is 2. The Balaban J connectivity index is 1.45. The van der Waals surface area contributed by atoms with Gasteiger partial charge < -0.3 is 14.8 Å². The summed E-state index contributed by atoms with van der Waals surface area (Å²) in [6.45, 7) is 0. The zero-order chi connectivity index (χ0) is 24.2. The van der Waals surface area contributed by atoms with Crippen molar-refractivity contribution in [2.24, 2.45) is 0 Å². The maximum atomic E-state index is 12.7. The fraction of sp³-hybridized carbons (Fsp3) is 0.172. The first-order valence-electron chi connectivity index (χ1n) is 11.6. The van der Waals surface area contributed by atoms with Gasteiger partial charge in [-0.05, 0) is 78.9 Å². The Morgan fingerprint density at radius 2 is 1.74 bits per heavy atom. The van der Waals surface area contributed by atoms with Crippen molar-refractivity contribution in [3.8, 4) is 28.4 Å². The Labute approximate surface area is 204 Å². The molecule has 4 aromatic rings. The van der Waals surface area contributed by atoms with Crippen LogP contribution in [0.4, 0.5) is 5.69 Å². The summed E-state index contributed by atoms with van der Waals surface area (Å²) < 4.78 is 12.7. The topological polar surface area (TPSA) is 65.4 Å². The average Bonchev–Trinajstić information content (AvgIpc) is 3.54. The van der Waals surface area contributed by atoms with E-state index in [1.165, 1.54) is 17.5 Å². The maximum Gasteiger partial charge on any atom is 0.248 e. The lowest BCUT2D eigenvalue weighted by Gasteiger charge is -2.09. The molecule has 6 heteroatoms. The standard InChI is InChI=1S/C29H27N3O3/c1-34-26-15-12-22(18-27(26)35-2)29-23(19-32(31-29)25-9-4-3-5-10-25)13-16-28(33)30-24-14-11-20-7-6-8-21(20)17-24/h3-5,9-19H,6-8H2,1-2H3,(H,30,33). The summed E-state index contributed by atoms with van der Waals surface area (Å²) in [7, 11) is 3.21. The highest BCUT2D eigenvalue weighted by Gasteiger charge is 2.15. The number of para-hydroxylation sites is 1. The lowest BCUT2D eigenvalue weighted by atomic mass is 10.1. The van der Waals surface area contributed by atoms with Gasteiger partial charge in [-0.25, -0.2) is 4.68 Å². The number of nitrogens with one attached hydrogen (secondary N) is 1. The minimum Gasteiger partial charge on any atom is -0.493 e. The van der Waals surface area contributed by atoms with Gasteiger partial charge in [-0.15, -0.1) is 0 Å². The van der Waals surface area contributed by atoms with Gasteiger partial charge in [-0.2, -0.15) is 5.10 Å². The van der Waals surface area contributed by atoms with Gasteiger partial charge in [0.25, 0.3) is 0 Å². The summed E-state index contributed by atoms with van der Waals surface area (Å²) >= 11 is 0. The number of hydrogen-bond acceptors (Lipinski definition) is 4. The van der Waals surface area contributed by atoms with Crippen LogP contribution in [0.3, 0.4) is 0 Å². The molecule has 6 nitrogen and oxygen atoms in total. The number of ether oxygens (including phenoxy) is 2. The minimum absolute atomic E-state index is 0.186. The quantitative estimate of drug-likeness (QED) is 0.356. The molecule has 0 fully saturated rings. The Hall–Kier alpha value is -4.32. The van der Waals surface area contributed by atoms with Crippen molar-refractivity contribution in [3.05, 3.63) is 95.7 Å². The van der Waals surface area contributed by atoms with Crippen LogP contribution in [-0.4, -0.2) is 29.9 Å². The lowest BCUT2D eigenvalue weighted by Crippen LogP contribution is -2.08. The Bertz CT molecular complexity index is 1390. The zero-order valence-electron chi connectivity index (χ0n) is 19.8. The van der Waals surface area contributed by atoms with Crippen LogP contribution in [0.25, 0.3) is 23.0 Å². The van der Waals surface area contributed by atoms with Crippen molar-refractivity contribution in [1.29, 1.82) is 0 Å².